The van der Waals surface area contributed by atoms with E-state index in [2.05, 4.69) is 14.9 Å². The quantitative estimate of drug-likeness (QED) is 0.783. The number of carbonyl (C=O) groups is 1. The highest BCUT2D eigenvalue weighted by molar-refractivity contribution is 5.85. The minimum Gasteiger partial charge on any atom is -0.474 e. The zero-order valence-corrected chi connectivity index (χ0v) is 17.3. The zero-order chi connectivity index (χ0) is 21.8. The van der Waals surface area contributed by atoms with Gasteiger partial charge in [0.15, 0.2) is 5.67 Å². The Hall–Kier alpha value is -2.81. The number of anilines is 1. The van der Waals surface area contributed by atoms with Crippen LogP contribution in [0.5, 0.6) is 5.88 Å². The largest absolute Gasteiger partial charge is 0.474 e. The molecule has 2 N–H and O–H groups in total. The zero-order valence-electron chi connectivity index (χ0n) is 17.3. The number of hydrogen-bond donors (Lipinski definition) is 1. The maximum absolute atomic E-state index is 15.5. The number of hydrogen-bond acceptors (Lipinski definition) is 6. The van der Waals surface area contributed by atoms with E-state index in [4.69, 9.17) is 10.5 Å². The van der Waals surface area contributed by atoms with E-state index in [0.717, 1.165) is 11.8 Å². The lowest BCUT2D eigenvalue weighted by Crippen LogP contribution is -2.54. The van der Waals surface area contributed by atoms with Gasteiger partial charge in [0, 0.05) is 70.7 Å². The van der Waals surface area contributed by atoms with Gasteiger partial charge in [-0.1, -0.05) is 0 Å². The van der Waals surface area contributed by atoms with Gasteiger partial charge in [-0.3, -0.25) is 9.69 Å². The first-order valence-electron chi connectivity index (χ1n) is 10.6. The summed E-state index contributed by atoms with van der Waals surface area (Å²) in [6.07, 6.45) is 4.21. The van der Waals surface area contributed by atoms with Crippen molar-refractivity contribution in [3.8, 4) is 5.88 Å². The minimum absolute atomic E-state index is 0.118. The van der Waals surface area contributed by atoms with Gasteiger partial charge in [-0.15, -0.1) is 0 Å². The molecule has 2 fully saturated rings. The number of nitrogen functional groups attached to an aromatic ring is 1. The highest BCUT2D eigenvalue weighted by atomic mass is 19.1. The highest BCUT2D eigenvalue weighted by Gasteiger charge is 2.44. The van der Waals surface area contributed by atoms with Gasteiger partial charge in [-0.05, 0) is 23.8 Å². The maximum Gasteiger partial charge on any atom is 0.260 e. The molecule has 0 bridgehead atoms. The van der Waals surface area contributed by atoms with Crippen LogP contribution in [0.3, 0.4) is 0 Å². The van der Waals surface area contributed by atoms with E-state index in [1.165, 1.54) is 12.1 Å². The maximum atomic E-state index is 15.5. The van der Waals surface area contributed by atoms with Crippen LogP contribution in [0.25, 0.3) is 0 Å². The third-order valence-corrected chi connectivity index (χ3v) is 6.00. The molecule has 0 atom stereocenters. The fourth-order valence-corrected chi connectivity index (χ4v) is 4.19. The summed E-state index contributed by atoms with van der Waals surface area (Å²) >= 11 is 0. The van der Waals surface area contributed by atoms with Gasteiger partial charge in [-0.25, -0.2) is 18.7 Å². The summed E-state index contributed by atoms with van der Waals surface area (Å²) < 4.78 is 34.2. The number of nitrogens with two attached hydrogens (primary N) is 1. The molecule has 2 aromatic heterocycles. The van der Waals surface area contributed by atoms with Gasteiger partial charge in [0.25, 0.3) is 5.91 Å². The van der Waals surface area contributed by atoms with E-state index < -0.39 is 17.4 Å². The van der Waals surface area contributed by atoms with Crippen molar-refractivity contribution in [2.75, 3.05) is 31.9 Å². The van der Waals surface area contributed by atoms with Crippen molar-refractivity contribution in [3.05, 3.63) is 48.0 Å². The fraction of sp³-hybridized carbons (Fsp3) is 0.500. The highest BCUT2D eigenvalue weighted by Crippen LogP contribution is 2.31. The lowest BCUT2D eigenvalue weighted by molar-refractivity contribution is -0.149. The number of nitrogens with zero attached hydrogens (tertiary/aromatic N) is 4. The molecule has 31 heavy (non-hydrogen) atoms. The Morgan fingerprint density at radius 2 is 1.90 bits per heavy atom. The van der Waals surface area contributed by atoms with E-state index >= 15 is 4.39 Å². The van der Waals surface area contributed by atoms with Gasteiger partial charge < -0.3 is 15.4 Å². The number of pyridine rings is 2. The van der Waals surface area contributed by atoms with Crippen LogP contribution >= 0.6 is 0 Å². The Balaban J connectivity index is 1.25. The SMILES string of the molecule is Nc1cc(CN2CCC(F)(C(=O)N3CCC(Oc4ccc(F)cn4)CC3)CC2)ccn1. The Kier molecular flexibility index (Phi) is 6.31. The van der Waals surface area contributed by atoms with Gasteiger partial charge in [-0.2, -0.15) is 0 Å². The van der Waals surface area contributed by atoms with Crippen LogP contribution in [-0.2, 0) is 11.3 Å². The first-order valence-corrected chi connectivity index (χ1v) is 10.6. The monoisotopic (exact) mass is 431 g/mol. The van der Waals surface area contributed by atoms with E-state index in [1.807, 2.05) is 12.1 Å². The molecule has 2 saturated heterocycles. The normalized spacial score (nSPS) is 19.9. The van der Waals surface area contributed by atoms with E-state index in [0.29, 0.717) is 57.3 Å². The van der Waals surface area contributed by atoms with Crippen molar-refractivity contribution in [2.24, 2.45) is 0 Å². The molecular formula is C22H27F2N5O2. The molecule has 0 radical (unpaired) electrons. The van der Waals surface area contributed by atoms with Crippen LogP contribution in [0.2, 0.25) is 0 Å². The average molecular weight is 431 g/mol. The molecular weight excluding hydrogens is 404 g/mol. The minimum atomic E-state index is -1.82. The number of likely N-dealkylation sites (tertiary alicyclic amines) is 2. The van der Waals surface area contributed by atoms with Crippen LogP contribution in [0.4, 0.5) is 14.6 Å². The van der Waals surface area contributed by atoms with Gasteiger partial charge in [0.2, 0.25) is 5.88 Å². The smallest absolute Gasteiger partial charge is 0.260 e. The number of rotatable bonds is 5. The Labute approximate surface area is 180 Å². The van der Waals surface area contributed by atoms with Crippen LogP contribution in [0.1, 0.15) is 31.2 Å². The summed E-state index contributed by atoms with van der Waals surface area (Å²) in [5, 5.41) is 0. The van der Waals surface area contributed by atoms with E-state index in [-0.39, 0.29) is 18.9 Å². The number of piperidine rings is 2. The molecule has 0 unspecified atom stereocenters. The molecule has 4 heterocycles. The third-order valence-electron chi connectivity index (χ3n) is 6.00. The first-order chi connectivity index (χ1) is 14.9. The summed E-state index contributed by atoms with van der Waals surface area (Å²) in [5.74, 6) is -0.0146. The van der Waals surface area contributed by atoms with Crippen molar-refractivity contribution >= 4 is 11.7 Å². The van der Waals surface area contributed by atoms with E-state index in [1.54, 1.807) is 11.1 Å². The topological polar surface area (TPSA) is 84.6 Å². The van der Waals surface area contributed by atoms with Gasteiger partial charge >= 0.3 is 0 Å². The Morgan fingerprint density at radius 1 is 1.16 bits per heavy atom. The summed E-state index contributed by atoms with van der Waals surface area (Å²) in [6.45, 7) is 2.57. The van der Waals surface area contributed by atoms with Crippen LogP contribution in [0, 0.1) is 5.82 Å². The predicted molar refractivity (Wildman–Crippen MR) is 111 cm³/mol. The number of carbonyl (C=O) groups excluding carboxylic acids is 1. The molecule has 4 rings (SSSR count). The lowest BCUT2D eigenvalue weighted by atomic mass is 9.90. The molecule has 166 valence electrons. The molecule has 1 amide bonds. The van der Waals surface area contributed by atoms with Crippen molar-refractivity contribution in [2.45, 2.75) is 44.0 Å². The third kappa shape index (κ3) is 5.28. The van der Waals surface area contributed by atoms with Crippen molar-refractivity contribution in [1.82, 2.24) is 19.8 Å². The Morgan fingerprint density at radius 3 is 2.55 bits per heavy atom. The number of halogens is 2. The molecule has 2 aliphatic heterocycles. The second-order valence-corrected chi connectivity index (χ2v) is 8.25. The predicted octanol–water partition coefficient (Wildman–Crippen LogP) is 2.57. The molecule has 0 saturated carbocycles. The van der Waals surface area contributed by atoms with Crippen molar-refractivity contribution in [1.29, 1.82) is 0 Å². The van der Waals surface area contributed by atoms with Gasteiger partial charge in [0.1, 0.15) is 17.7 Å². The summed E-state index contributed by atoms with van der Waals surface area (Å²) in [6, 6.07) is 6.49. The molecule has 7 nitrogen and oxygen atoms in total. The average Bonchev–Trinajstić information content (AvgIpc) is 2.77. The van der Waals surface area contributed by atoms with Crippen LogP contribution in [-0.4, -0.2) is 63.6 Å². The molecule has 0 aromatic carbocycles. The fourth-order valence-electron chi connectivity index (χ4n) is 4.19. The number of aromatic nitrogens is 2. The summed E-state index contributed by atoms with van der Waals surface area (Å²) in [4.78, 5) is 24.5. The number of alkyl halides is 1. The molecule has 2 aliphatic rings. The molecule has 9 heteroatoms. The van der Waals surface area contributed by atoms with Crippen molar-refractivity contribution in [3.63, 3.8) is 0 Å². The molecule has 2 aromatic rings. The standard InChI is InChI=1S/C22H27F2N5O2/c23-17-1-2-20(27-14-17)31-18-4-9-29(10-5-18)21(30)22(24)6-11-28(12-7-22)15-16-3-8-26-19(25)13-16/h1-3,8,13-14,18H,4-7,9-12,15H2,(H2,25,26). The lowest BCUT2D eigenvalue weighted by Gasteiger charge is -2.40. The van der Waals surface area contributed by atoms with E-state index in [9.17, 15) is 9.18 Å². The number of ether oxygens (including phenoxy) is 1. The first kappa shape index (κ1) is 21.4. The van der Waals surface area contributed by atoms with Crippen LogP contribution in [0.15, 0.2) is 36.7 Å². The number of amides is 1. The summed E-state index contributed by atoms with van der Waals surface area (Å²) in [7, 11) is 0. The Bertz CT molecular complexity index is 895. The second-order valence-electron chi connectivity index (χ2n) is 8.25. The van der Waals surface area contributed by atoms with Gasteiger partial charge in [0.05, 0.1) is 6.20 Å². The van der Waals surface area contributed by atoms with Crippen LogP contribution < -0.4 is 10.5 Å². The molecule has 0 aliphatic carbocycles. The van der Waals surface area contributed by atoms with Crippen molar-refractivity contribution < 1.29 is 18.3 Å². The molecule has 0 spiro atoms. The summed E-state index contributed by atoms with van der Waals surface area (Å²) in [5.41, 5.74) is 4.93. The second kappa shape index (κ2) is 9.13.